The van der Waals surface area contributed by atoms with Gasteiger partial charge in [-0.1, -0.05) is 0 Å². The summed E-state index contributed by atoms with van der Waals surface area (Å²) in [5, 5.41) is 7.55. The molecular weight excluding hydrogens is 500 g/mol. The lowest BCUT2D eigenvalue weighted by atomic mass is 10.1. The maximum atomic E-state index is 13.5. The fourth-order valence-electron chi connectivity index (χ4n) is 4.62. The van der Waals surface area contributed by atoms with Crippen molar-refractivity contribution in [3.8, 4) is 17.2 Å². The maximum absolute atomic E-state index is 13.5. The summed E-state index contributed by atoms with van der Waals surface area (Å²) >= 11 is 0. The van der Waals surface area contributed by atoms with Gasteiger partial charge in [-0.25, -0.2) is 9.50 Å². The molecule has 0 saturated heterocycles. The molecule has 5 heterocycles. The van der Waals surface area contributed by atoms with Crippen LogP contribution in [0.2, 0.25) is 0 Å². The first-order chi connectivity index (χ1) is 18.8. The molecular formula is C27H30N8O4. The molecule has 12 heteroatoms. The van der Waals surface area contributed by atoms with Crippen LogP contribution in [0.3, 0.4) is 0 Å². The summed E-state index contributed by atoms with van der Waals surface area (Å²) in [5.41, 5.74) is 2.69. The molecule has 202 valence electrons. The third kappa shape index (κ3) is 4.56. The van der Waals surface area contributed by atoms with Crippen LogP contribution in [0.15, 0.2) is 48.0 Å². The van der Waals surface area contributed by atoms with Gasteiger partial charge in [0.25, 0.3) is 5.56 Å². The summed E-state index contributed by atoms with van der Waals surface area (Å²) in [6, 6.07) is 1.92. The van der Waals surface area contributed by atoms with E-state index in [0.717, 1.165) is 18.4 Å². The van der Waals surface area contributed by atoms with Gasteiger partial charge in [-0.3, -0.25) is 9.78 Å². The molecule has 0 aromatic carbocycles. The van der Waals surface area contributed by atoms with Crippen LogP contribution in [-0.2, 0) is 18.3 Å². The minimum Gasteiger partial charge on any atom is -0.491 e. The lowest BCUT2D eigenvalue weighted by molar-refractivity contribution is 0.00739. The molecule has 0 amide bonds. The average Bonchev–Trinajstić information content (AvgIpc) is 3.64. The van der Waals surface area contributed by atoms with Crippen molar-refractivity contribution in [2.24, 2.45) is 7.05 Å². The molecule has 1 fully saturated rings. The molecule has 0 spiro atoms. The average molecular weight is 531 g/mol. The Hall–Kier alpha value is -4.45. The normalized spacial score (nSPS) is 13.8. The second-order valence-corrected chi connectivity index (χ2v) is 10.3. The largest absolute Gasteiger partial charge is 0.491 e. The number of nitrogens with zero attached hydrogens (tertiary/aromatic N) is 7. The zero-order chi connectivity index (χ0) is 27.3. The lowest BCUT2D eigenvalue weighted by Crippen LogP contribution is -2.35. The fraction of sp³-hybridized carbons (Fsp3) is 0.370. The van der Waals surface area contributed by atoms with Crippen LogP contribution in [-0.4, -0.2) is 53.5 Å². The topological polar surface area (TPSA) is 123 Å². The van der Waals surface area contributed by atoms with E-state index in [1.165, 1.54) is 0 Å². The van der Waals surface area contributed by atoms with Crippen LogP contribution in [0.1, 0.15) is 38.2 Å². The zero-order valence-electron chi connectivity index (χ0n) is 22.5. The van der Waals surface area contributed by atoms with E-state index in [1.54, 1.807) is 58.9 Å². The molecule has 0 unspecified atom stereocenters. The molecule has 0 atom stereocenters. The molecule has 5 aromatic heterocycles. The maximum Gasteiger partial charge on any atom is 0.274 e. The summed E-state index contributed by atoms with van der Waals surface area (Å²) in [5.74, 6) is 2.28. The molecule has 12 nitrogen and oxygen atoms in total. The van der Waals surface area contributed by atoms with Crippen molar-refractivity contribution >= 4 is 28.3 Å². The fourth-order valence-corrected chi connectivity index (χ4v) is 4.62. The molecule has 6 rings (SSSR count). The van der Waals surface area contributed by atoms with Crippen molar-refractivity contribution < 1.29 is 14.2 Å². The smallest absolute Gasteiger partial charge is 0.274 e. The lowest BCUT2D eigenvalue weighted by Gasteiger charge is -2.24. The van der Waals surface area contributed by atoms with Gasteiger partial charge >= 0.3 is 0 Å². The van der Waals surface area contributed by atoms with Gasteiger partial charge in [0.05, 0.1) is 37.8 Å². The van der Waals surface area contributed by atoms with Crippen LogP contribution in [0.4, 0.5) is 11.6 Å². The first-order valence-electron chi connectivity index (χ1n) is 12.7. The number of methoxy groups -OCH3 is 2. The standard InChI is InChI=1S/C27H30N8O4/c1-27(2,38-5)15-34-14-17(16-6-7-16)10-18(25(34)36)31-26-32-24-22(33(26)3)23(37-4)21(12-29-24)39-20-13-30-35-9-8-28-11-19(20)35/h8-14,16H,6-7,15H2,1-5H3,(H,29,31,32). The molecule has 1 aliphatic rings. The number of hydrogen-bond acceptors (Lipinski definition) is 9. The number of imidazole rings is 1. The number of aromatic nitrogens is 7. The molecule has 1 N–H and O–H groups in total. The van der Waals surface area contributed by atoms with Crippen LogP contribution < -0.4 is 20.3 Å². The van der Waals surface area contributed by atoms with E-state index in [9.17, 15) is 4.79 Å². The summed E-state index contributed by atoms with van der Waals surface area (Å²) in [6.45, 7) is 4.35. The van der Waals surface area contributed by atoms with Gasteiger partial charge < -0.3 is 28.7 Å². The number of pyridine rings is 2. The van der Waals surface area contributed by atoms with Gasteiger partial charge in [-0.2, -0.15) is 10.1 Å². The van der Waals surface area contributed by atoms with Gasteiger partial charge in [-0.05, 0) is 44.2 Å². The Bertz CT molecular complexity index is 1750. The molecule has 1 saturated carbocycles. The summed E-state index contributed by atoms with van der Waals surface area (Å²) in [7, 11) is 5.05. The van der Waals surface area contributed by atoms with Gasteiger partial charge in [0, 0.05) is 32.7 Å². The Morgan fingerprint density at radius 1 is 1.15 bits per heavy atom. The first-order valence-corrected chi connectivity index (χ1v) is 12.7. The molecule has 0 bridgehead atoms. The van der Waals surface area contributed by atoms with Crippen molar-refractivity contribution in [1.29, 1.82) is 0 Å². The third-order valence-corrected chi connectivity index (χ3v) is 7.04. The van der Waals surface area contributed by atoms with Gasteiger partial charge in [0.2, 0.25) is 5.95 Å². The Labute approximate surface area is 224 Å². The number of nitrogens with one attached hydrogen (secondary N) is 1. The van der Waals surface area contributed by atoms with E-state index in [4.69, 9.17) is 14.2 Å². The van der Waals surface area contributed by atoms with E-state index in [-0.39, 0.29) is 5.56 Å². The van der Waals surface area contributed by atoms with Crippen molar-refractivity contribution in [1.82, 2.24) is 33.7 Å². The Morgan fingerprint density at radius 3 is 2.72 bits per heavy atom. The number of hydrogen-bond donors (Lipinski definition) is 1. The highest BCUT2D eigenvalue weighted by atomic mass is 16.5. The number of ether oxygens (including phenoxy) is 3. The van der Waals surface area contributed by atoms with Crippen LogP contribution in [0.5, 0.6) is 17.2 Å². The molecule has 1 aliphatic carbocycles. The molecule has 5 aromatic rings. The van der Waals surface area contributed by atoms with Crippen LogP contribution in [0.25, 0.3) is 16.7 Å². The highest BCUT2D eigenvalue weighted by Crippen LogP contribution is 2.41. The van der Waals surface area contributed by atoms with E-state index < -0.39 is 5.60 Å². The highest BCUT2D eigenvalue weighted by molar-refractivity contribution is 5.85. The van der Waals surface area contributed by atoms with Gasteiger partial charge in [0.15, 0.2) is 22.9 Å². The van der Waals surface area contributed by atoms with E-state index >= 15 is 0 Å². The third-order valence-electron chi connectivity index (χ3n) is 7.04. The molecule has 39 heavy (non-hydrogen) atoms. The van der Waals surface area contributed by atoms with Crippen LogP contribution in [0, 0.1) is 0 Å². The van der Waals surface area contributed by atoms with Crippen molar-refractivity contribution in [2.45, 2.75) is 44.8 Å². The van der Waals surface area contributed by atoms with Gasteiger partial charge in [0.1, 0.15) is 16.7 Å². The predicted octanol–water partition coefficient (Wildman–Crippen LogP) is 4.02. The van der Waals surface area contributed by atoms with Crippen molar-refractivity contribution in [2.75, 3.05) is 19.5 Å². The Kier molecular flexibility index (Phi) is 5.98. The minimum absolute atomic E-state index is 0.151. The number of anilines is 2. The Balaban J connectivity index is 1.38. The monoisotopic (exact) mass is 530 g/mol. The molecule has 0 radical (unpaired) electrons. The van der Waals surface area contributed by atoms with Crippen LogP contribution >= 0.6 is 0 Å². The second kappa shape index (κ2) is 9.38. The van der Waals surface area contributed by atoms with E-state index in [2.05, 4.69) is 25.4 Å². The number of aryl methyl sites for hydroxylation is 1. The zero-order valence-corrected chi connectivity index (χ0v) is 22.5. The highest BCUT2D eigenvalue weighted by Gasteiger charge is 2.27. The SMILES string of the molecule is COc1c(Oc2cnn3ccncc23)cnc2nc(Nc3cc(C4CC4)cn(CC(C)(C)OC)c3=O)n(C)c12. The summed E-state index contributed by atoms with van der Waals surface area (Å²) in [4.78, 5) is 26.8. The van der Waals surface area contributed by atoms with Gasteiger partial charge in [-0.15, -0.1) is 0 Å². The minimum atomic E-state index is -0.494. The predicted molar refractivity (Wildman–Crippen MR) is 145 cm³/mol. The summed E-state index contributed by atoms with van der Waals surface area (Å²) < 4.78 is 22.7. The Morgan fingerprint density at radius 2 is 1.97 bits per heavy atom. The first kappa shape index (κ1) is 24.9. The quantitative estimate of drug-likeness (QED) is 0.301. The second-order valence-electron chi connectivity index (χ2n) is 10.3. The van der Waals surface area contributed by atoms with Crippen molar-refractivity contribution in [3.05, 3.63) is 59.2 Å². The summed E-state index contributed by atoms with van der Waals surface area (Å²) in [6.07, 6.45) is 12.4. The number of fused-ring (bicyclic) bond motifs is 2. The van der Waals surface area contributed by atoms with E-state index in [1.807, 2.05) is 33.2 Å². The number of rotatable bonds is 9. The van der Waals surface area contributed by atoms with Crippen molar-refractivity contribution in [3.63, 3.8) is 0 Å². The molecule has 0 aliphatic heterocycles. The van der Waals surface area contributed by atoms with E-state index in [0.29, 0.717) is 58.0 Å².